The maximum Gasteiger partial charge on any atom is 0.156 e. The molecule has 0 radical (unpaired) electrons. The lowest BCUT2D eigenvalue weighted by Crippen LogP contribution is -2.56. The van der Waals surface area contributed by atoms with E-state index >= 15 is 0 Å². The number of nitriles is 1. The molecule has 4 saturated carbocycles. The van der Waals surface area contributed by atoms with Gasteiger partial charge < -0.3 is 10.2 Å². The average molecular weight is 317 g/mol. The Morgan fingerprint density at radius 1 is 0.957 bits per heavy atom. The number of hydrogen-bond donors (Lipinski definition) is 2. The van der Waals surface area contributed by atoms with E-state index in [1.165, 1.54) is 12.8 Å². The van der Waals surface area contributed by atoms with E-state index in [0.29, 0.717) is 29.6 Å². The lowest BCUT2D eigenvalue weighted by atomic mass is 9.44. The largest absolute Gasteiger partial charge is 0.393 e. The SMILES string of the molecule is C[C@]12CCC(O)CC1CC[C@@H]1[C@@H]2CC[C@@]2(C)[C@H]1CC[C@]2(O)C#N. The Morgan fingerprint density at radius 2 is 1.70 bits per heavy atom. The maximum atomic E-state index is 10.9. The first-order chi connectivity index (χ1) is 10.8. The molecule has 0 amide bonds. The van der Waals surface area contributed by atoms with Crippen LogP contribution in [0.2, 0.25) is 0 Å². The number of rotatable bonds is 0. The highest BCUT2D eigenvalue weighted by molar-refractivity contribution is 5.20. The molecule has 3 nitrogen and oxygen atoms in total. The fraction of sp³-hybridized carbons (Fsp3) is 0.950. The van der Waals surface area contributed by atoms with E-state index in [1.54, 1.807) is 0 Å². The minimum absolute atomic E-state index is 0.0892. The van der Waals surface area contributed by atoms with Gasteiger partial charge in [0.2, 0.25) is 0 Å². The van der Waals surface area contributed by atoms with Crippen molar-refractivity contribution in [3.63, 3.8) is 0 Å². The summed E-state index contributed by atoms with van der Waals surface area (Å²) in [4.78, 5) is 0. The summed E-state index contributed by atoms with van der Waals surface area (Å²) in [6.45, 7) is 4.66. The predicted octanol–water partition coefficient (Wildman–Crippen LogP) is 3.64. The van der Waals surface area contributed by atoms with Crippen LogP contribution < -0.4 is 0 Å². The first-order valence-corrected chi connectivity index (χ1v) is 9.66. The molecule has 0 saturated heterocycles. The molecule has 3 heteroatoms. The number of aliphatic hydroxyl groups excluding tert-OH is 1. The Hall–Kier alpha value is -0.590. The zero-order valence-corrected chi connectivity index (χ0v) is 14.6. The summed E-state index contributed by atoms with van der Waals surface area (Å²) in [7, 11) is 0. The fourth-order valence-electron chi connectivity index (χ4n) is 7.44. The molecular weight excluding hydrogens is 286 g/mol. The first kappa shape index (κ1) is 15.9. The number of nitrogens with zero attached hydrogens (tertiary/aromatic N) is 1. The van der Waals surface area contributed by atoms with Gasteiger partial charge in [-0.3, -0.25) is 0 Å². The minimum atomic E-state index is -1.11. The summed E-state index contributed by atoms with van der Waals surface area (Å²) in [6.07, 6.45) is 9.31. The Labute approximate surface area is 140 Å². The Balaban J connectivity index is 1.65. The molecule has 2 N–H and O–H groups in total. The molecule has 4 aliphatic carbocycles. The van der Waals surface area contributed by atoms with Gasteiger partial charge in [-0.15, -0.1) is 0 Å². The third-order valence-corrected chi connectivity index (χ3v) is 8.97. The van der Waals surface area contributed by atoms with Crippen molar-refractivity contribution in [3.8, 4) is 6.07 Å². The van der Waals surface area contributed by atoms with Gasteiger partial charge in [0.1, 0.15) is 0 Å². The summed E-state index contributed by atoms with van der Waals surface area (Å²) in [6, 6.07) is 2.27. The van der Waals surface area contributed by atoms with Gasteiger partial charge in [-0.2, -0.15) is 5.26 Å². The van der Waals surface area contributed by atoms with E-state index in [1.807, 2.05) is 0 Å². The summed E-state index contributed by atoms with van der Waals surface area (Å²) in [5, 5.41) is 30.5. The molecule has 0 aromatic rings. The van der Waals surface area contributed by atoms with E-state index in [4.69, 9.17) is 0 Å². The van der Waals surface area contributed by atoms with Gasteiger partial charge in [0.15, 0.2) is 5.60 Å². The second-order valence-corrected chi connectivity index (χ2v) is 9.55. The second kappa shape index (κ2) is 4.96. The zero-order chi connectivity index (χ0) is 16.5. The summed E-state index contributed by atoms with van der Waals surface area (Å²) in [5.74, 6) is 2.59. The van der Waals surface area contributed by atoms with Crippen molar-refractivity contribution in [1.82, 2.24) is 0 Å². The van der Waals surface area contributed by atoms with Gasteiger partial charge in [-0.1, -0.05) is 13.8 Å². The molecule has 4 fully saturated rings. The minimum Gasteiger partial charge on any atom is -0.393 e. The van der Waals surface area contributed by atoms with Gasteiger partial charge in [-0.05, 0) is 86.9 Å². The van der Waals surface area contributed by atoms with Crippen molar-refractivity contribution >= 4 is 0 Å². The van der Waals surface area contributed by atoms with Crippen molar-refractivity contribution in [1.29, 1.82) is 5.26 Å². The van der Waals surface area contributed by atoms with Crippen LogP contribution in [-0.2, 0) is 0 Å². The Kier molecular flexibility index (Phi) is 3.43. The summed E-state index contributed by atoms with van der Waals surface area (Å²) in [5.41, 5.74) is -0.944. The van der Waals surface area contributed by atoms with Crippen LogP contribution in [0, 0.1) is 45.8 Å². The van der Waals surface area contributed by atoms with Gasteiger partial charge in [0.25, 0.3) is 0 Å². The lowest BCUT2D eigenvalue weighted by molar-refractivity contribution is -0.145. The van der Waals surface area contributed by atoms with E-state index in [9.17, 15) is 15.5 Å². The van der Waals surface area contributed by atoms with Crippen molar-refractivity contribution in [3.05, 3.63) is 0 Å². The van der Waals surface area contributed by atoms with E-state index < -0.39 is 5.60 Å². The van der Waals surface area contributed by atoms with Crippen molar-refractivity contribution in [2.75, 3.05) is 0 Å². The molecule has 0 heterocycles. The highest BCUT2D eigenvalue weighted by atomic mass is 16.3. The van der Waals surface area contributed by atoms with Gasteiger partial charge in [-0.25, -0.2) is 0 Å². The van der Waals surface area contributed by atoms with Crippen LogP contribution in [-0.4, -0.2) is 21.9 Å². The molecule has 0 aliphatic heterocycles. The van der Waals surface area contributed by atoms with Gasteiger partial charge in [0, 0.05) is 5.41 Å². The number of hydrogen-bond acceptors (Lipinski definition) is 3. The van der Waals surface area contributed by atoms with E-state index in [0.717, 1.165) is 44.4 Å². The van der Waals surface area contributed by atoms with E-state index in [-0.39, 0.29) is 11.5 Å². The number of aliphatic hydroxyl groups is 2. The lowest BCUT2D eigenvalue weighted by Gasteiger charge is -2.61. The zero-order valence-electron chi connectivity index (χ0n) is 14.6. The smallest absolute Gasteiger partial charge is 0.156 e. The Bertz CT molecular complexity index is 542. The first-order valence-electron chi connectivity index (χ1n) is 9.66. The quantitative estimate of drug-likeness (QED) is 0.670. The standard InChI is InChI=1S/C20H31NO2/c1-18-8-5-14(22)11-13(18)3-4-15-16(18)6-9-19(2)17(15)7-10-20(19,23)12-21/h13-17,22-23H,3-11H2,1-2H3/t13?,14?,15-,16+,17+,18+,19+,20+/m1/s1. The van der Waals surface area contributed by atoms with E-state index in [2.05, 4.69) is 19.9 Å². The molecule has 8 atom stereocenters. The van der Waals surface area contributed by atoms with Crippen LogP contribution >= 0.6 is 0 Å². The highest BCUT2D eigenvalue weighted by Gasteiger charge is 2.64. The molecule has 23 heavy (non-hydrogen) atoms. The molecular formula is C20H31NO2. The van der Waals surface area contributed by atoms with Crippen molar-refractivity contribution < 1.29 is 10.2 Å². The van der Waals surface area contributed by atoms with Crippen LogP contribution in [0.4, 0.5) is 0 Å². The Morgan fingerprint density at radius 3 is 2.43 bits per heavy atom. The third kappa shape index (κ3) is 1.94. The van der Waals surface area contributed by atoms with Gasteiger partial charge >= 0.3 is 0 Å². The fourth-order valence-corrected chi connectivity index (χ4v) is 7.44. The molecule has 0 bridgehead atoms. The molecule has 2 unspecified atom stereocenters. The average Bonchev–Trinajstić information content (AvgIpc) is 2.80. The molecule has 128 valence electrons. The predicted molar refractivity (Wildman–Crippen MR) is 88.3 cm³/mol. The highest BCUT2D eigenvalue weighted by Crippen LogP contribution is 2.68. The molecule has 0 aromatic carbocycles. The van der Waals surface area contributed by atoms with Crippen LogP contribution in [0.3, 0.4) is 0 Å². The summed E-state index contributed by atoms with van der Waals surface area (Å²) >= 11 is 0. The van der Waals surface area contributed by atoms with Crippen LogP contribution in [0.15, 0.2) is 0 Å². The monoisotopic (exact) mass is 317 g/mol. The van der Waals surface area contributed by atoms with Crippen LogP contribution in [0.1, 0.15) is 71.6 Å². The normalized spacial score (nSPS) is 58.7. The third-order valence-electron chi connectivity index (χ3n) is 8.97. The van der Waals surface area contributed by atoms with Crippen LogP contribution in [0.25, 0.3) is 0 Å². The molecule has 4 aliphatic rings. The molecule has 0 aromatic heterocycles. The van der Waals surface area contributed by atoms with Gasteiger partial charge in [0.05, 0.1) is 12.2 Å². The molecule has 0 spiro atoms. The second-order valence-electron chi connectivity index (χ2n) is 9.55. The van der Waals surface area contributed by atoms with Crippen molar-refractivity contribution in [2.45, 2.75) is 83.3 Å². The summed E-state index contributed by atoms with van der Waals surface area (Å²) < 4.78 is 0. The maximum absolute atomic E-state index is 10.9. The number of fused-ring (bicyclic) bond motifs is 5. The van der Waals surface area contributed by atoms with Crippen LogP contribution in [0.5, 0.6) is 0 Å². The van der Waals surface area contributed by atoms with Crippen molar-refractivity contribution in [2.24, 2.45) is 34.5 Å². The molecule has 4 rings (SSSR count). The topological polar surface area (TPSA) is 64.2 Å².